The van der Waals surface area contributed by atoms with E-state index in [0.717, 1.165) is 60.1 Å². The lowest BCUT2D eigenvalue weighted by Gasteiger charge is -2.32. The van der Waals surface area contributed by atoms with Gasteiger partial charge in [0.2, 0.25) is 11.9 Å². The van der Waals surface area contributed by atoms with Crippen molar-refractivity contribution in [1.82, 2.24) is 15.0 Å². The highest BCUT2D eigenvalue weighted by molar-refractivity contribution is 7.19. The minimum atomic E-state index is -0.101. The molecule has 1 saturated heterocycles. The van der Waals surface area contributed by atoms with Crippen molar-refractivity contribution in [2.24, 2.45) is 11.7 Å². The van der Waals surface area contributed by atoms with E-state index in [9.17, 15) is 4.79 Å². The molecule has 1 amide bonds. The lowest BCUT2D eigenvalue weighted by molar-refractivity contribution is -0.114. The van der Waals surface area contributed by atoms with Gasteiger partial charge in [-0.25, -0.2) is 15.0 Å². The highest BCUT2D eigenvalue weighted by atomic mass is 32.1. The van der Waals surface area contributed by atoms with Crippen molar-refractivity contribution in [2.45, 2.75) is 32.6 Å². The predicted molar refractivity (Wildman–Crippen MR) is 98.8 cm³/mol. The Hall–Kier alpha value is -2.06. The van der Waals surface area contributed by atoms with Crippen molar-refractivity contribution < 1.29 is 4.79 Å². The minimum absolute atomic E-state index is 0.101. The molecule has 25 heavy (non-hydrogen) atoms. The number of amides is 1. The van der Waals surface area contributed by atoms with Gasteiger partial charge >= 0.3 is 0 Å². The van der Waals surface area contributed by atoms with Gasteiger partial charge in [0.05, 0.1) is 16.3 Å². The minimum Gasteiger partial charge on any atom is -0.340 e. The van der Waals surface area contributed by atoms with Crippen molar-refractivity contribution in [2.75, 3.05) is 29.9 Å². The Kier molecular flexibility index (Phi) is 4.39. The summed E-state index contributed by atoms with van der Waals surface area (Å²) >= 11 is 1.49. The van der Waals surface area contributed by atoms with Gasteiger partial charge < -0.3 is 16.0 Å². The molecule has 0 saturated carbocycles. The molecule has 1 fully saturated rings. The third-order valence-corrected chi connectivity index (χ3v) is 5.83. The van der Waals surface area contributed by atoms with E-state index in [-0.39, 0.29) is 5.91 Å². The van der Waals surface area contributed by atoms with Gasteiger partial charge in [-0.15, -0.1) is 0 Å². The summed E-state index contributed by atoms with van der Waals surface area (Å²) in [5.74, 6) is 1.19. The van der Waals surface area contributed by atoms with Gasteiger partial charge in [-0.1, -0.05) is 11.3 Å². The first-order chi connectivity index (χ1) is 12.1. The van der Waals surface area contributed by atoms with Gasteiger partial charge in [-0.2, -0.15) is 0 Å². The van der Waals surface area contributed by atoms with E-state index in [0.29, 0.717) is 17.6 Å². The molecule has 1 atom stereocenters. The summed E-state index contributed by atoms with van der Waals surface area (Å²) in [7, 11) is 0. The first kappa shape index (κ1) is 16.4. The van der Waals surface area contributed by atoms with E-state index < -0.39 is 0 Å². The summed E-state index contributed by atoms with van der Waals surface area (Å²) < 4.78 is 0. The number of aryl methyl sites for hydroxylation is 2. The quantitative estimate of drug-likeness (QED) is 0.869. The van der Waals surface area contributed by atoms with Crippen LogP contribution in [0.2, 0.25) is 0 Å². The molecule has 2 aliphatic rings. The number of rotatable bonds is 3. The average Bonchev–Trinajstić information content (AvgIpc) is 3.03. The molecule has 8 heteroatoms. The topological polar surface area (TPSA) is 97.0 Å². The lowest BCUT2D eigenvalue weighted by atomic mass is 9.98. The summed E-state index contributed by atoms with van der Waals surface area (Å²) in [5, 5.41) is 3.43. The number of anilines is 2. The van der Waals surface area contributed by atoms with Crippen LogP contribution in [0.4, 0.5) is 11.1 Å². The van der Waals surface area contributed by atoms with Crippen LogP contribution < -0.4 is 16.0 Å². The fraction of sp³-hybridized carbons (Fsp3) is 0.529. The largest absolute Gasteiger partial charge is 0.340 e. The molecule has 1 unspecified atom stereocenters. The summed E-state index contributed by atoms with van der Waals surface area (Å²) in [4.78, 5) is 28.6. The van der Waals surface area contributed by atoms with Crippen LogP contribution in [0.3, 0.4) is 0 Å². The molecule has 0 aromatic carbocycles. The normalized spacial score (nSPS) is 19.3. The lowest BCUT2D eigenvalue weighted by Crippen LogP contribution is -2.39. The number of nitrogens with zero attached hydrogens (tertiary/aromatic N) is 4. The number of hydrogen-bond acceptors (Lipinski definition) is 7. The monoisotopic (exact) mass is 358 g/mol. The highest BCUT2D eigenvalue weighted by Gasteiger charge is 2.26. The summed E-state index contributed by atoms with van der Waals surface area (Å²) in [6.45, 7) is 4.10. The maximum absolute atomic E-state index is 11.3. The fourth-order valence-electron chi connectivity index (χ4n) is 3.53. The number of carbonyl (C=O) groups is 1. The second-order valence-corrected chi connectivity index (χ2v) is 7.71. The number of nitrogens with one attached hydrogen (secondary N) is 1. The maximum Gasteiger partial charge on any atom is 0.225 e. The van der Waals surface area contributed by atoms with Crippen LogP contribution in [-0.2, 0) is 17.6 Å². The van der Waals surface area contributed by atoms with Crippen molar-refractivity contribution in [3.8, 4) is 10.6 Å². The number of nitrogens with two attached hydrogens (primary N) is 1. The van der Waals surface area contributed by atoms with Crippen LogP contribution in [0.1, 0.15) is 31.0 Å². The number of thiazole rings is 1. The van der Waals surface area contributed by atoms with E-state index in [2.05, 4.69) is 20.2 Å². The molecule has 7 nitrogen and oxygen atoms in total. The Morgan fingerprint density at radius 3 is 3.12 bits per heavy atom. The standard InChI is InChI=1S/C17H22N6OS/c1-10(24)20-17-21-13-5-4-12-8-19-16(22-14(12)15(13)25-17)23-6-2-3-11(7-18)9-23/h8,11H,2-7,9,18H2,1H3,(H,20,21,24). The first-order valence-electron chi connectivity index (χ1n) is 8.72. The third kappa shape index (κ3) is 3.23. The molecule has 0 bridgehead atoms. The second kappa shape index (κ2) is 6.68. The summed E-state index contributed by atoms with van der Waals surface area (Å²) in [5.41, 5.74) is 8.99. The molecular formula is C17H22N6OS. The molecule has 2 aromatic rings. The summed E-state index contributed by atoms with van der Waals surface area (Å²) in [6, 6.07) is 0. The molecule has 1 aliphatic carbocycles. The van der Waals surface area contributed by atoms with E-state index in [4.69, 9.17) is 10.7 Å². The van der Waals surface area contributed by atoms with Gasteiger partial charge in [-0.05, 0) is 43.7 Å². The summed E-state index contributed by atoms with van der Waals surface area (Å²) in [6.07, 6.45) is 6.00. The van der Waals surface area contributed by atoms with Crippen LogP contribution in [0, 0.1) is 5.92 Å². The molecular weight excluding hydrogens is 336 g/mol. The van der Waals surface area contributed by atoms with Crippen molar-refractivity contribution >= 4 is 28.3 Å². The Morgan fingerprint density at radius 1 is 1.44 bits per heavy atom. The Labute approximate surface area is 150 Å². The van der Waals surface area contributed by atoms with Crippen LogP contribution in [0.25, 0.3) is 10.6 Å². The number of hydrogen-bond donors (Lipinski definition) is 2. The SMILES string of the molecule is CC(=O)Nc1nc2c(s1)-c1nc(N3CCCC(CN)C3)ncc1CC2. The highest BCUT2D eigenvalue weighted by Crippen LogP contribution is 2.39. The molecule has 132 valence electrons. The number of carbonyl (C=O) groups excluding carboxylic acids is 1. The average molecular weight is 358 g/mol. The first-order valence-corrected chi connectivity index (χ1v) is 9.54. The third-order valence-electron chi connectivity index (χ3n) is 4.81. The second-order valence-electron chi connectivity index (χ2n) is 6.71. The molecule has 1 aliphatic heterocycles. The van der Waals surface area contributed by atoms with Gasteiger partial charge in [0.25, 0.3) is 0 Å². The molecule has 3 heterocycles. The van der Waals surface area contributed by atoms with Gasteiger partial charge in [0.1, 0.15) is 0 Å². The van der Waals surface area contributed by atoms with Crippen LogP contribution >= 0.6 is 11.3 Å². The molecule has 0 spiro atoms. The number of piperidine rings is 1. The van der Waals surface area contributed by atoms with E-state index in [1.54, 1.807) is 0 Å². The van der Waals surface area contributed by atoms with Gasteiger partial charge in [-0.3, -0.25) is 4.79 Å². The number of fused-ring (bicyclic) bond motifs is 3. The molecule has 4 rings (SSSR count). The van der Waals surface area contributed by atoms with Crippen molar-refractivity contribution in [3.05, 3.63) is 17.5 Å². The predicted octanol–water partition coefficient (Wildman–Crippen LogP) is 1.83. The van der Waals surface area contributed by atoms with Crippen LogP contribution in [-0.4, -0.2) is 40.5 Å². The maximum atomic E-state index is 11.3. The van der Waals surface area contributed by atoms with E-state index in [1.165, 1.54) is 24.7 Å². The Bertz CT molecular complexity index is 804. The van der Waals surface area contributed by atoms with Gasteiger partial charge in [0.15, 0.2) is 5.13 Å². The smallest absolute Gasteiger partial charge is 0.225 e. The van der Waals surface area contributed by atoms with Gasteiger partial charge in [0, 0.05) is 26.2 Å². The van der Waals surface area contributed by atoms with Crippen molar-refractivity contribution in [1.29, 1.82) is 0 Å². The zero-order valence-corrected chi connectivity index (χ0v) is 15.1. The Balaban J connectivity index is 1.66. The zero-order chi connectivity index (χ0) is 17.4. The molecule has 3 N–H and O–H groups in total. The van der Waals surface area contributed by atoms with Crippen LogP contribution in [0.15, 0.2) is 6.20 Å². The fourth-order valence-corrected chi connectivity index (χ4v) is 4.61. The van der Waals surface area contributed by atoms with E-state index >= 15 is 0 Å². The molecule has 2 aromatic heterocycles. The van der Waals surface area contributed by atoms with Crippen molar-refractivity contribution in [3.63, 3.8) is 0 Å². The number of aromatic nitrogens is 3. The van der Waals surface area contributed by atoms with E-state index in [1.807, 2.05) is 6.20 Å². The Morgan fingerprint density at radius 2 is 2.32 bits per heavy atom. The zero-order valence-electron chi connectivity index (χ0n) is 14.3. The van der Waals surface area contributed by atoms with Crippen LogP contribution in [0.5, 0.6) is 0 Å². The molecule has 0 radical (unpaired) electrons.